The maximum atomic E-state index is 4.71. The van der Waals surface area contributed by atoms with Gasteiger partial charge in [-0.1, -0.05) is 12.5 Å². The van der Waals surface area contributed by atoms with Crippen LogP contribution >= 0.6 is 35.3 Å². The number of halogens is 1. The Bertz CT molecular complexity index is 459. The average Bonchev–Trinajstić information content (AvgIpc) is 2.91. The van der Waals surface area contributed by atoms with Gasteiger partial charge in [-0.2, -0.15) is 0 Å². The van der Waals surface area contributed by atoms with E-state index in [0.29, 0.717) is 0 Å². The molecule has 0 spiro atoms. The molecule has 0 atom stereocenters. The third-order valence-electron chi connectivity index (χ3n) is 3.35. The molecule has 0 aliphatic rings. The van der Waals surface area contributed by atoms with E-state index in [0.717, 1.165) is 38.4 Å². The van der Waals surface area contributed by atoms with Gasteiger partial charge in [-0.3, -0.25) is 4.99 Å². The predicted molar refractivity (Wildman–Crippen MR) is 113 cm³/mol. The van der Waals surface area contributed by atoms with Crippen molar-refractivity contribution < 1.29 is 0 Å². The van der Waals surface area contributed by atoms with Crippen LogP contribution in [0.4, 0.5) is 0 Å². The molecule has 23 heavy (non-hydrogen) atoms. The Morgan fingerprint density at radius 2 is 2.22 bits per heavy atom. The quantitative estimate of drug-likeness (QED) is 0.191. The summed E-state index contributed by atoms with van der Waals surface area (Å²) in [5.74, 6) is 1.000. The largest absolute Gasteiger partial charge is 0.357 e. The summed E-state index contributed by atoms with van der Waals surface area (Å²) in [5, 5.41) is 4.54. The number of nitrogens with one attached hydrogen (secondary N) is 1. The molecular formula is C17H31IN4S. The van der Waals surface area contributed by atoms with Crippen LogP contribution in [0.25, 0.3) is 0 Å². The van der Waals surface area contributed by atoms with Crippen molar-refractivity contribution in [3.05, 3.63) is 28.7 Å². The fourth-order valence-corrected chi connectivity index (χ4v) is 2.94. The molecule has 0 aliphatic heterocycles. The molecule has 132 valence electrons. The second-order valence-corrected chi connectivity index (χ2v) is 6.73. The molecule has 0 amide bonds. The Morgan fingerprint density at radius 3 is 2.83 bits per heavy atom. The molecule has 1 rings (SSSR count). The van der Waals surface area contributed by atoms with Gasteiger partial charge in [-0.15, -0.1) is 41.9 Å². The van der Waals surface area contributed by atoms with E-state index in [4.69, 9.17) is 4.99 Å². The normalized spacial score (nSPS) is 11.0. The van der Waals surface area contributed by atoms with E-state index in [-0.39, 0.29) is 24.0 Å². The number of thiazole rings is 1. The van der Waals surface area contributed by atoms with Gasteiger partial charge in [0.1, 0.15) is 0 Å². The molecule has 1 aromatic heterocycles. The van der Waals surface area contributed by atoms with E-state index in [1.165, 1.54) is 29.1 Å². The van der Waals surface area contributed by atoms with Crippen molar-refractivity contribution in [3.63, 3.8) is 0 Å². The van der Waals surface area contributed by atoms with Gasteiger partial charge in [0.25, 0.3) is 0 Å². The highest BCUT2D eigenvalue weighted by Gasteiger charge is 2.05. The van der Waals surface area contributed by atoms with Crippen molar-refractivity contribution in [2.45, 2.75) is 46.0 Å². The smallest absolute Gasteiger partial charge is 0.193 e. The number of unbranched alkanes of at least 4 members (excludes halogenated alkanes) is 3. The van der Waals surface area contributed by atoms with E-state index >= 15 is 0 Å². The van der Waals surface area contributed by atoms with Gasteiger partial charge in [0.05, 0.1) is 5.01 Å². The molecule has 0 fully saturated rings. The number of nitrogens with zero attached hydrogens (tertiary/aromatic N) is 3. The molecule has 0 aromatic carbocycles. The van der Waals surface area contributed by atoms with Crippen molar-refractivity contribution in [2.24, 2.45) is 4.99 Å². The van der Waals surface area contributed by atoms with E-state index in [1.54, 1.807) is 11.3 Å². The monoisotopic (exact) mass is 450 g/mol. The highest BCUT2D eigenvalue weighted by Crippen LogP contribution is 2.11. The Morgan fingerprint density at radius 1 is 1.43 bits per heavy atom. The van der Waals surface area contributed by atoms with Gasteiger partial charge < -0.3 is 10.2 Å². The fraction of sp³-hybridized carbons (Fsp3) is 0.647. The molecule has 1 heterocycles. The van der Waals surface area contributed by atoms with Crippen LogP contribution in [0, 0.1) is 6.92 Å². The molecule has 0 saturated carbocycles. The number of hydrogen-bond acceptors (Lipinski definition) is 3. The zero-order valence-electron chi connectivity index (χ0n) is 14.7. The Labute approximate surface area is 162 Å². The first kappa shape index (κ1) is 22.4. The van der Waals surface area contributed by atoms with Crippen molar-refractivity contribution >= 4 is 41.3 Å². The van der Waals surface area contributed by atoms with Crippen LogP contribution in [0.3, 0.4) is 0 Å². The number of hydrogen-bond donors (Lipinski definition) is 1. The number of guanidine groups is 1. The van der Waals surface area contributed by atoms with E-state index < -0.39 is 0 Å². The van der Waals surface area contributed by atoms with Crippen LogP contribution in [-0.2, 0) is 6.42 Å². The highest BCUT2D eigenvalue weighted by atomic mass is 127. The lowest BCUT2D eigenvalue weighted by molar-refractivity contribution is 0.455. The summed E-state index contributed by atoms with van der Waals surface area (Å²) in [7, 11) is 2.11. The summed E-state index contributed by atoms with van der Waals surface area (Å²) < 4.78 is 0. The Balaban J connectivity index is 0.00000484. The molecule has 4 nitrogen and oxygen atoms in total. The molecule has 6 heteroatoms. The van der Waals surface area contributed by atoms with Crippen molar-refractivity contribution in [2.75, 3.05) is 26.7 Å². The second kappa shape index (κ2) is 13.8. The Hall–Kier alpha value is -0.630. The van der Waals surface area contributed by atoms with Crippen LogP contribution in [-0.4, -0.2) is 42.5 Å². The van der Waals surface area contributed by atoms with Crippen LogP contribution in [0.5, 0.6) is 0 Å². The van der Waals surface area contributed by atoms with Crippen molar-refractivity contribution in [3.8, 4) is 0 Å². The zero-order valence-corrected chi connectivity index (χ0v) is 17.8. The maximum Gasteiger partial charge on any atom is 0.193 e. The molecule has 0 unspecified atom stereocenters. The van der Waals surface area contributed by atoms with Gasteiger partial charge in [-0.25, -0.2) is 4.98 Å². The minimum absolute atomic E-state index is 0. The average molecular weight is 450 g/mol. The minimum atomic E-state index is 0. The van der Waals surface area contributed by atoms with Crippen LogP contribution in [0.15, 0.2) is 23.8 Å². The molecule has 0 radical (unpaired) electrons. The molecule has 1 aromatic rings. The van der Waals surface area contributed by atoms with Crippen molar-refractivity contribution in [1.82, 2.24) is 15.2 Å². The third-order valence-corrected chi connectivity index (χ3v) is 4.33. The summed E-state index contributed by atoms with van der Waals surface area (Å²) in [6.07, 6.45) is 9.63. The van der Waals surface area contributed by atoms with E-state index in [9.17, 15) is 0 Å². The summed E-state index contributed by atoms with van der Waals surface area (Å²) >= 11 is 1.76. The first-order valence-electron chi connectivity index (χ1n) is 8.19. The SMILES string of the molecule is C=CCCCCCN(C)C(=NCCc1ncc(C)s1)NCC.I. The van der Waals surface area contributed by atoms with E-state index in [2.05, 4.69) is 42.7 Å². The number of aliphatic imine (C=N–C) groups is 1. The maximum absolute atomic E-state index is 4.71. The summed E-state index contributed by atoms with van der Waals surface area (Å²) in [6, 6.07) is 0. The number of rotatable bonds is 10. The Kier molecular flexibility index (Phi) is 13.4. The van der Waals surface area contributed by atoms with Crippen LogP contribution in [0.1, 0.15) is 42.5 Å². The molecule has 0 saturated heterocycles. The lowest BCUT2D eigenvalue weighted by atomic mass is 10.2. The second-order valence-electron chi connectivity index (χ2n) is 5.41. The number of aromatic nitrogens is 1. The van der Waals surface area contributed by atoms with Crippen LogP contribution < -0.4 is 5.32 Å². The topological polar surface area (TPSA) is 40.5 Å². The summed E-state index contributed by atoms with van der Waals surface area (Å²) in [5.41, 5.74) is 0. The van der Waals surface area contributed by atoms with Gasteiger partial charge in [0.15, 0.2) is 5.96 Å². The molecule has 0 aliphatic carbocycles. The van der Waals surface area contributed by atoms with Crippen molar-refractivity contribution in [1.29, 1.82) is 0 Å². The fourth-order valence-electron chi connectivity index (χ4n) is 2.16. The highest BCUT2D eigenvalue weighted by molar-refractivity contribution is 14.0. The number of aryl methyl sites for hydroxylation is 1. The lowest BCUT2D eigenvalue weighted by Crippen LogP contribution is -2.39. The number of allylic oxidation sites excluding steroid dienone is 1. The van der Waals surface area contributed by atoms with Gasteiger partial charge in [-0.05, 0) is 33.1 Å². The zero-order chi connectivity index (χ0) is 16.2. The lowest BCUT2D eigenvalue weighted by Gasteiger charge is -2.22. The van der Waals surface area contributed by atoms with Crippen LogP contribution in [0.2, 0.25) is 0 Å². The molecule has 0 bridgehead atoms. The standard InChI is InChI=1S/C17H30N4S.HI/c1-5-7-8-9-10-13-21(4)17(18-6-2)19-12-11-16-20-14-15(3)22-16;/h5,14H,1,6-13H2,2-4H3,(H,18,19);1H. The predicted octanol–water partition coefficient (Wildman–Crippen LogP) is 4.26. The third kappa shape index (κ3) is 9.96. The van der Waals surface area contributed by atoms with E-state index in [1.807, 2.05) is 12.3 Å². The minimum Gasteiger partial charge on any atom is -0.357 e. The summed E-state index contributed by atoms with van der Waals surface area (Å²) in [6.45, 7) is 10.7. The molecular weight excluding hydrogens is 419 g/mol. The first-order chi connectivity index (χ1) is 10.7. The van der Waals surface area contributed by atoms with Gasteiger partial charge in [0.2, 0.25) is 0 Å². The first-order valence-corrected chi connectivity index (χ1v) is 9.00. The van der Waals surface area contributed by atoms with Gasteiger partial charge >= 0.3 is 0 Å². The molecule has 1 N–H and O–H groups in total. The van der Waals surface area contributed by atoms with Gasteiger partial charge in [0, 0.05) is 44.2 Å². The summed E-state index contributed by atoms with van der Waals surface area (Å²) in [4.78, 5) is 12.6.